The zero-order chi connectivity index (χ0) is 28.0. The van der Waals surface area contributed by atoms with Crippen LogP contribution in [0.4, 0.5) is 0 Å². The molecule has 3 amide bonds. The number of hydrogen-bond acceptors (Lipinski definition) is 7. The fraction of sp³-hybridized carbons (Fsp3) is 0.667. The predicted molar refractivity (Wildman–Crippen MR) is 150 cm³/mol. The first-order valence-corrected chi connectivity index (χ1v) is 12.9. The van der Waals surface area contributed by atoms with Gasteiger partial charge in [0.2, 0.25) is 11.8 Å². The molecule has 1 rings (SSSR count). The average Bonchev–Trinajstić information content (AvgIpc) is 2.83. The van der Waals surface area contributed by atoms with Crippen LogP contribution in [0.1, 0.15) is 64.2 Å². The highest BCUT2D eigenvalue weighted by Crippen LogP contribution is 2.20. The van der Waals surface area contributed by atoms with E-state index in [1.54, 1.807) is 39.2 Å². The standard InChI is InChI=1S/C27H46N4O6.ClH/c1-18(2)20(15-22(28)23(33)17-30-26(35)27(4,5)31-19(3)32)16-29-25(34)21-11-7-8-12-24(21)37-14-10-9-13-36-6;/h7-8,11-12,18,20,22-23,33H,9-10,13-17,28H2,1-6H3,(H,29,34)(H,30,35)(H,31,32);1H. The van der Waals surface area contributed by atoms with Gasteiger partial charge in [-0.15, -0.1) is 12.4 Å². The van der Waals surface area contributed by atoms with Gasteiger partial charge in [0.25, 0.3) is 5.91 Å². The number of carbonyl (C=O) groups excluding carboxylic acids is 3. The lowest BCUT2D eigenvalue weighted by Gasteiger charge is -2.29. The minimum Gasteiger partial charge on any atom is -0.493 e. The van der Waals surface area contributed by atoms with Gasteiger partial charge in [-0.3, -0.25) is 14.4 Å². The van der Waals surface area contributed by atoms with E-state index >= 15 is 0 Å². The van der Waals surface area contributed by atoms with Crippen molar-refractivity contribution < 1.29 is 29.0 Å². The topological polar surface area (TPSA) is 152 Å². The van der Waals surface area contributed by atoms with E-state index in [0.717, 1.165) is 12.8 Å². The summed E-state index contributed by atoms with van der Waals surface area (Å²) >= 11 is 0. The normalized spacial score (nSPS) is 13.6. The van der Waals surface area contributed by atoms with E-state index in [1.165, 1.54) is 6.92 Å². The predicted octanol–water partition coefficient (Wildman–Crippen LogP) is 2.03. The third kappa shape index (κ3) is 12.9. The number of rotatable bonds is 17. The van der Waals surface area contributed by atoms with Crippen LogP contribution in [-0.4, -0.2) is 73.9 Å². The molecule has 0 fully saturated rings. The molecular weight excluding hydrogens is 512 g/mol. The molecule has 0 heterocycles. The largest absolute Gasteiger partial charge is 0.493 e. The number of ether oxygens (including phenoxy) is 2. The Morgan fingerprint density at radius 2 is 1.68 bits per heavy atom. The Labute approximate surface area is 233 Å². The zero-order valence-corrected chi connectivity index (χ0v) is 24.4. The molecule has 6 N–H and O–H groups in total. The highest BCUT2D eigenvalue weighted by Gasteiger charge is 2.30. The Hall–Kier alpha value is -2.40. The Morgan fingerprint density at radius 3 is 2.29 bits per heavy atom. The smallest absolute Gasteiger partial charge is 0.255 e. The van der Waals surface area contributed by atoms with Crippen LogP contribution >= 0.6 is 12.4 Å². The molecule has 1 aromatic rings. The number of aliphatic hydroxyl groups excluding tert-OH is 1. The maximum Gasteiger partial charge on any atom is 0.255 e. The first kappa shape index (κ1) is 35.6. The summed E-state index contributed by atoms with van der Waals surface area (Å²) < 4.78 is 10.9. The molecule has 10 nitrogen and oxygen atoms in total. The van der Waals surface area contributed by atoms with Gasteiger partial charge in [0.1, 0.15) is 11.3 Å². The van der Waals surface area contributed by atoms with E-state index in [2.05, 4.69) is 16.0 Å². The molecule has 0 bridgehead atoms. The second kappa shape index (κ2) is 18.0. The van der Waals surface area contributed by atoms with Crippen molar-refractivity contribution in [1.82, 2.24) is 16.0 Å². The van der Waals surface area contributed by atoms with E-state index in [0.29, 0.717) is 37.5 Å². The molecule has 38 heavy (non-hydrogen) atoms. The monoisotopic (exact) mass is 558 g/mol. The van der Waals surface area contributed by atoms with E-state index in [4.69, 9.17) is 15.2 Å². The maximum atomic E-state index is 12.9. The Bertz CT molecular complexity index is 868. The summed E-state index contributed by atoms with van der Waals surface area (Å²) in [6.07, 6.45) is 1.16. The molecule has 0 saturated carbocycles. The van der Waals surface area contributed by atoms with Crippen molar-refractivity contribution in [1.29, 1.82) is 0 Å². The van der Waals surface area contributed by atoms with Crippen LogP contribution in [0.2, 0.25) is 0 Å². The molecule has 0 saturated heterocycles. The molecular formula is C27H47ClN4O6. The summed E-state index contributed by atoms with van der Waals surface area (Å²) in [7, 11) is 1.66. The second-order valence-corrected chi connectivity index (χ2v) is 10.2. The molecule has 0 aliphatic carbocycles. The van der Waals surface area contributed by atoms with Gasteiger partial charge in [-0.1, -0.05) is 26.0 Å². The van der Waals surface area contributed by atoms with Crippen molar-refractivity contribution in [3.63, 3.8) is 0 Å². The van der Waals surface area contributed by atoms with Gasteiger partial charge < -0.3 is 36.3 Å². The lowest BCUT2D eigenvalue weighted by atomic mass is 9.87. The summed E-state index contributed by atoms with van der Waals surface area (Å²) in [6, 6.07) is 6.51. The van der Waals surface area contributed by atoms with Crippen molar-refractivity contribution >= 4 is 30.1 Å². The van der Waals surface area contributed by atoms with Crippen LogP contribution in [-0.2, 0) is 14.3 Å². The molecule has 3 atom stereocenters. The minimum absolute atomic E-state index is 0. The van der Waals surface area contributed by atoms with Gasteiger partial charge in [0.05, 0.1) is 18.3 Å². The van der Waals surface area contributed by atoms with Crippen molar-refractivity contribution in [2.24, 2.45) is 17.6 Å². The Kier molecular flexibility index (Phi) is 16.9. The summed E-state index contributed by atoms with van der Waals surface area (Å²) in [5, 5.41) is 18.7. The lowest BCUT2D eigenvalue weighted by molar-refractivity contribution is -0.131. The summed E-state index contributed by atoms with van der Waals surface area (Å²) in [6.45, 7) is 10.1. The van der Waals surface area contributed by atoms with E-state index in [9.17, 15) is 19.5 Å². The van der Waals surface area contributed by atoms with Crippen LogP contribution in [0.25, 0.3) is 0 Å². The molecule has 0 aliphatic heterocycles. The van der Waals surface area contributed by atoms with Gasteiger partial charge in [-0.25, -0.2) is 0 Å². The molecule has 3 unspecified atom stereocenters. The van der Waals surface area contributed by atoms with Crippen molar-refractivity contribution in [3.8, 4) is 5.75 Å². The maximum absolute atomic E-state index is 12.9. The number of nitrogens with one attached hydrogen (secondary N) is 3. The number of unbranched alkanes of at least 4 members (excludes halogenated alkanes) is 1. The fourth-order valence-electron chi connectivity index (χ4n) is 3.79. The molecule has 0 aliphatic rings. The number of benzene rings is 1. The highest BCUT2D eigenvalue weighted by molar-refractivity contribution is 5.96. The number of halogens is 1. The molecule has 0 radical (unpaired) electrons. The van der Waals surface area contributed by atoms with Crippen LogP contribution in [0.3, 0.4) is 0 Å². The molecule has 1 aromatic carbocycles. The zero-order valence-electron chi connectivity index (χ0n) is 23.5. The molecule has 11 heteroatoms. The highest BCUT2D eigenvalue weighted by atomic mass is 35.5. The molecule has 218 valence electrons. The first-order chi connectivity index (χ1) is 17.4. The van der Waals surface area contributed by atoms with Gasteiger partial charge in [0, 0.05) is 39.8 Å². The molecule has 0 spiro atoms. The van der Waals surface area contributed by atoms with Gasteiger partial charge in [0.15, 0.2) is 0 Å². The number of carbonyl (C=O) groups is 3. The van der Waals surface area contributed by atoms with Gasteiger partial charge in [-0.2, -0.15) is 0 Å². The third-order valence-electron chi connectivity index (χ3n) is 6.20. The van der Waals surface area contributed by atoms with Gasteiger partial charge >= 0.3 is 0 Å². The Balaban J connectivity index is 0.0000137. The van der Waals surface area contributed by atoms with Crippen LogP contribution < -0.4 is 26.4 Å². The molecule has 0 aromatic heterocycles. The number of aliphatic hydroxyl groups is 1. The van der Waals surface area contributed by atoms with E-state index in [1.807, 2.05) is 19.9 Å². The quantitative estimate of drug-likeness (QED) is 0.183. The number of para-hydroxylation sites is 1. The Morgan fingerprint density at radius 1 is 1.05 bits per heavy atom. The van der Waals surface area contributed by atoms with E-state index < -0.39 is 23.6 Å². The fourth-order valence-corrected chi connectivity index (χ4v) is 3.79. The number of amides is 3. The summed E-state index contributed by atoms with van der Waals surface area (Å²) in [4.78, 5) is 36.6. The van der Waals surface area contributed by atoms with E-state index in [-0.39, 0.29) is 42.6 Å². The lowest BCUT2D eigenvalue weighted by Crippen LogP contribution is -2.56. The van der Waals surface area contributed by atoms with Gasteiger partial charge in [-0.05, 0) is 57.1 Å². The number of methoxy groups -OCH3 is 1. The third-order valence-corrected chi connectivity index (χ3v) is 6.20. The summed E-state index contributed by atoms with van der Waals surface area (Å²) in [5.74, 6) is -0.249. The number of nitrogens with two attached hydrogens (primary N) is 1. The minimum atomic E-state index is -1.11. The average molecular weight is 559 g/mol. The van der Waals surface area contributed by atoms with Crippen LogP contribution in [0.5, 0.6) is 5.75 Å². The van der Waals surface area contributed by atoms with Crippen molar-refractivity contribution in [3.05, 3.63) is 29.8 Å². The first-order valence-electron chi connectivity index (χ1n) is 12.9. The van der Waals surface area contributed by atoms with Crippen molar-refractivity contribution in [2.45, 2.75) is 71.6 Å². The van der Waals surface area contributed by atoms with Crippen LogP contribution in [0.15, 0.2) is 24.3 Å². The summed E-state index contributed by atoms with van der Waals surface area (Å²) in [5.41, 5.74) is 5.61. The SMILES string of the molecule is COCCCCOc1ccccc1C(=O)NCC(CC(N)C(O)CNC(=O)C(C)(C)NC(C)=O)C(C)C.Cl. The van der Waals surface area contributed by atoms with Crippen LogP contribution in [0, 0.1) is 11.8 Å². The second-order valence-electron chi connectivity index (χ2n) is 10.2. The van der Waals surface area contributed by atoms with Crippen molar-refractivity contribution in [2.75, 3.05) is 33.4 Å². The number of hydrogen-bond donors (Lipinski definition) is 5.